The number of hydrogen-bond donors (Lipinski definition) is 1. The Hall–Kier alpha value is -2.28. The first-order chi connectivity index (χ1) is 12.3. The Labute approximate surface area is 159 Å². The van der Waals surface area contributed by atoms with E-state index in [-0.39, 0.29) is 12.4 Å². The first-order valence-electron chi connectivity index (χ1n) is 8.61. The van der Waals surface area contributed by atoms with Gasteiger partial charge in [-0.1, -0.05) is 0 Å². The fraction of sp³-hybridized carbons (Fsp3) is 0.316. The molecule has 1 N–H and O–H groups in total. The summed E-state index contributed by atoms with van der Waals surface area (Å²) >= 11 is 0. The third-order valence-corrected chi connectivity index (χ3v) is 4.75. The minimum atomic E-state index is 0. The van der Waals surface area contributed by atoms with Crippen molar-refractivity contribution in [3.63, 3.8) is 0 Å². The molecule has 4 rings (SSSR count). The third kappa shape index (κ3) is 3.93. The second-order valence-corrected chi connectivity index (χ2v) is 6.36. The Kier molecular flexibility index (Phi) is 5.98. The van der Waals surface area contributed by atoms with E-state index >= 15 is 0 Å². The van der Waals surface area contributed by atoms with Crippen LogP contribution in [0.4, 0.5) is 0 Å². The van der Waals surface area contributed by atoms with Crippen LogP contribution in [0, 0.1) is 6.92 Å². The van der Waals surface area contributed by atoms with Crippen molar-refractivity contribution in [1.82, 2.24) is 30.0 Å². The minimum absolute atomic E-state index is 0. The van der Waals surface area contributed by atoms with E-state index in [1.165, 1.54) is 11.1 Å². The van der Waals surface area contributed by atoms with Crippen LogP contribution >= 0.6 is 12.4 Å². The molecule has 3 aromatic rings. The summed E-state index contributed by atoms with van der Waals surface area (Å²) in [5.74, 6) is 0. The third-order valence-electron chi connectivity index (χ3n) is 4.75. The van der Waals surface area contributed by atoms with Gasteiger partial charge in [0.25, 0.3) is 0 Å². The lowest BCUT2D eigenvalue weighted by Gasteiger charge is -2.36. The molecule has 0 amide bonds. The van der Waals surface area contributed by atoms with E-state index in [0.29, 0.717) is 6.04 Å². The van der Waals surface area contributed by atoms with Crippen LogP contribution in [0.15, 0.2) is 55.2 Å². The SMILES string of the molecule is Cc1nn(-c2ccncc2)cc1CN1CCNCC1c1ccncc1.Cl. The molecule has 0 bridgehead atoms. The number of aromatic nitrogens is 4. The summed E-state index contributed by atoms with van der Waals surface area (Å²) in [7, 11) is 0. The highest BCUT2D eigenvalue weighted by molar-refractivity contribution is 5.85. The summed E-state index contributed by atoms with van der Waals surface area (Å²) in [6, 6.07) is 8.53. The lowest BCUT2D eigenvalue weighted by molar-refractivity contribution is 0.153. The van der Waals surface area contributed by atoms with Crippen LogP contribution in [0.3, 0.4) is 0 Å². The molecule has 0 spiro atoms. The molecule has 1 aliphatic rings. The normalized spacial score (nSPS) is 17.7. The maximum atomic E-state index is 4.68. The molecule has 3 aromatic heterocycles. The zero-order valence-corrected chi connectivity index (χ0v) is 15.6. The standard InChI is InChI=1S/C19H22N6.ClH/c1-15-17(14-25(23-15)18-4-8-21-9-5-18)13-24-11-10-22-12-19(24)16-2-6-20-7-3-16;/h2-9,14,19,22H,10-13H2,1H3;1H. The molecule has 26 heavy (non-hydrogen) atoms. The van der Waals surface area contributed by atoms with Gasteiger partial charge in [-0.05, 0) is 36.8 Å². The Morgan fingerprint density at radius 3 is 2.50 bits per heavy atom. The Balaban J connectivity index is 0.00000196. The van der Waals surface area contributed by atoms with Crippen molar-refractivity contribution in [2.45, 2.75) is 19.5 Å². The van der Waals surface area contributed by atoms with E-state index in [1.54, 1.807) is 12.4 Å². The second kappa shape index (κ2) is 8.40. The number of piperazine rings is 1. The fourth-order valence-electron chi connectivity index (χ4n) is 3.35. The number of halogens is 1. The highest BCUT2D eigenvalue weighted by Gasteiger charge is 2.24. The van der Waals surface area contributed by atoms with E-state index in [1.807, 2.05) is 29.2 Å². The largest absolute Gasteiger partial charge is 0.314 e. The van der Waals surface area contributed by atoms with Gasteiger partial charge in [0.2, 0.25) is 0 Å². The first-order valence-corrected chi connectivity index (χ1v) is 8.61. The summed E-state index contributed by atoms with van der Waals surface area (Å²) in [5.41, 5.74) is 4.68. The summed E-state index contributed by atoms with van der Waals surface area (Å²) in [5, 5.41) is 8.19. The highest BCUT2D eigenvalue weighted by atomic mass is 35.5. The predicted molar refractivity (Wildman–Crippen MR) is 104 cm³/mol. The highest BCUT2D eigenvalue weighted by Crippen LogP contribution is 2.24. The molecule has 1 aliphatic heterocycles. The number of aryl methyl sites for hydroxylation is 1. The quantitative estimate of drug-likeness (QED) is 0.764. The summed E-state index contributed by atoms with van der Waals surface area (Å²) in [6.07, 6.45) is 9.46. The van der Waals surface area contributed by atoms with Gasteiger partial charge in [0.1, 0.15) is 0 Å². The van der Waals surface area contributed by atoms with Gasteiger partial charge in [-0.15, -0.1) is 12.4 Å². The number of pyridine rings is 2. The van der Waals surface area contributed by atoms with Gasteiger partial charge in [-0.25, -0.2) is 4.68 Å². The monoisotopic (exact) mass is 370 g/mol. The second-order valence-electron chi connectivity index (χ2n) is 6.36. The maximum Gasteiger partial charge on any atom is 0.0676 e. The van der Waals surface area contributed by atoms with Crippen molar-refractivity contribution in [2.75, 3.05) is 19.6 Å². The van der Waals surface area contributed by atoms with Crippen LogP contribution in [-0.4, -0.2) is 44.3 Å². The van der Waals surface area contributed by atoms with Gasteiger partial charge in [0.15, 0.2) is 0 Å². The smallest absolute Gasteiger partial charge is 0.0676 e. The van der Waals surface area contributed by atoms with Crippen LogP contribution in [0.5, 0.6) is 0 Å². The van der Waals surface area contributed by atoms with Gasteiger partial charge < -0.3 is 5.32 Å². The minimum Gasteiger partial charge on any atom is -0.314 e. The molecule has 6 nitrogen and oxygen atoms in total. The lowest BCUT2D eigenvalue weighted by atomic mass is 10.0. The molecule has 7 heteroatoms. The molecule has 1 saturated heterocycles. The number of nitrogens with zero attached hydrogens (tertiary/aromatic N) is 5. The Morgan fingerprint density at radius 2 is 1.77 bits per heavy atom. The fourth-order valence-corrected chi connectivity index (χ4v) is 3.35. The van der Waals surface area contributed by atoms with Crippen LogP contribution in [0.2, 0.25) is 0 Å². The molecule has 0 aromatic carbocycles. The Bertz CT molecular complexity index is 821. The molecular formula is C19H23ClN6. The molecular weight excluding hydrogens is 348 g/mol. The predicted octanol–water partition coefficient (Wildman–Crippen LogP) is 2.54. The van der Waals surface area contributed by atoms with E-state index in [4.69, 9.17) is 0 Å². The van der Waals surface area contributed by atoms with Crippen LogP contribution in [0.1, 0.15) is 22.9 Å². The van der Waals surface area contributed by atoms with E-state index in [0.717, 1.165) is 37.6 Å². The Morgan fingerprint density at radius 1 is 1.08 bits per heavy atom. The molecule has 136 valence electrons. The van der Waals surface area contributed by atoms with Crippen LogP contribution < -0.4 is 5.32 Å². The van der Waals surface area contributed by atoms with Gasteiger partial charge in [0, 0.05) is 68.8 Å². The van der Waals surface area contributed by atoms with Crippen molar-refractivity contribution >= 4 is 12.4 Å². The molecule has 4 heterocycles. The topological polar surface area (TPSA) is 58.9 Å². The number of rotatable bonds is 4. The van der Waals surface area contributed by atoms with E-state index < -0.39 is 0 Å². The molecule has 0 aliphatic carbocycles. The van der Waals surface area contributed by atoms with Crippen molar-refractivity contribution in [3.05, 3.63) is 72.1 Å². The van der Waals surface area contributed by atoms with Gasteiger partial charge in [0.05, 0.1) is 11.4 Å². The zero-order chi connectivity index (χ0) is 17.1. The van der Waals surface area contributed by atoms with Gasteiger partial charge in [-0.3, -0.25) is 14.9 Å². The molecule has 1 atom stereocenters. The van der Waals surface area contributed by atoms with Crippen LogP contribution in [-0.2, 0) is 6.54 Å². The average Bonchev–Trinajstić information content (AvgIpc) is 3.04. The molecule has 1 unspecified atom stereocenters. The number of hydrogen-bond acceptors (Lipinski definition) is 5. The zero-order valence-electron chi connectivity index (χ0n) is 14.7. The molecule has 1 fully saturated rings. The lowest BCUT2D eigenvalue weighted by Crippen LogP contribution is -2.45. The van der Waals surface area contributed by atoms with Crippen molar-refractivity contribution in [2.24, 2.45) is 0 Å². The maximum absolute atomic E-state index is 4.68. The van der Waals surface area contributed by atoms with Crippen molar-refractivity contribution in [3.8, 4) is 5.69 Å². The van der Waals surface area contributed by atoms with Crippen molar-refractivity contribution in [1.29, 1.82) is 0 Å². The molecule has 0 saturated carbocycles. The van der Waals surface area contributed by atoms with Crippen molar-refractivity contribution < 1.29 is 0 Å². The van der Waals surface area contributed by atoms with Gasteiger partial charge in [-0.2, -0.15) is 5.10 Å². The van der Waals surface area contributed by atoms with E-state index in [9.17, 15) is 0 Å². The van der Waals surface area contributed by atoms with Crippen LogP contribution in [0.25, 0.3) is 5.69 Å². The molecule has 0 radical (unpaired) electrons. The summed E-state index contributed by atoms with van der Waals surface area (Å²) < 4.78 is 1.94. The van der Waals surface area contributed by atoms with E-state index in [2.05, 4.69) is 50.5 Å². The van der Waals surface area contributed by atoms with Gasteiger partial charge >= 0.3 is 0 Å². The summed E-state index contributed by atoms with van der Waals surface area (Å²) in [4.78, 5) is 10.7. The number of nitrogens with one attached hydrogen (secondary N) is 1. The summed E-state index contributed by atoms with van der Waals surface area (Å²) in [6.45, 7) is 5.97. The average molecular weight is 371 g/mol. The first kappa shape index (κ1) is 18.5.